The summed E-state index contributed by atoms with van der Waals surface area (Å²) in [4.78, 5) is 16.7. The third-order valence-corrected chi connectivity index (χ3v) is 4.77. The molecule has 0 unspecified atom stereocenters. The van der Waals surface area contributed by atoms with E-state index in [9.17, 15) is 4.79 Å². The Balaban J connectivity index is 1.72. The standard InChI is InChI=1S/C18H17ClN2O2/c1-13-2-6-16(7-3-13)21-17(22)20(10-18(21)11-23-12-18)15-8-4-14(19)5-9-15/h2-9H,10-12H2,1H3. The second-order valence-corrected chi connectivity index (χ2v) is 6.67. The van der Waals surface area contributed by atoms with Crippen LogP contribution in [0.4, 0.5) is 16.2 Å². The number of urea groups is 1. The predicted molar refractivity (Wildman–Crippen MR) is 91.4 cm³/mol. The Hall–Kier alpha value is -2.04. The van der Waals surface area contributed by atoms with Gasteiger partial charge >= 0.3 is 6.03 Å². The Labute approximate surface area is 140 Å². The van der Waals surface area contributed by atoms with E-state index in [2.05, 4.69) is 0 Å². The number of nitrogens with zero attached hydrogens (tertiary/aromatic N) is 2. The summed E-state index contributed by atoms with van der Waals surface area (Å²) < 4.78 is 5.45. The van der Waals surface area contributed by atoms with Gasteiger partial charge in [-0.25, -0.2) is 4.79 Å². The second-order valence-electron chi connectivity index (χ2n) is 6.23. The molecule has 2 saturated heterocycles. The summed E-state index contributed by atoms with van der Waals surface area (Å²) in [6, 6.07) is 15.4. The third-order valence-electron chi connectivity index (χ3n) is 4.52. The van der Waals surface area contributed by atoms with Gasteiger partial charge in [0, 0.05) is 16.4 Å². The third kappa shape index (κ3) is 2.30. The van der Waals surface area contributed by atoms with Gasteiger partial charge in [0.2, 0.25) is 0 Å². The largest absolute Gasteiger partial charge is 0.376 e. The molecule has 0 bridgehead atoms. The molecule has 2 amide bonds. The molecule has 0 atom stereocenters. The fourth-order valence-electron chi connectivity index (χ4n) is 3.22. The van der Waals surface area contributed by atoms with Gasteiger partial charge in [0.25, 0.3) is 0 Å². The summed E-state index contributed by atoms with van der Waals surface area (Å²) in [7, 11) is 0. The maximum atomic E-state index is 13.0. The molecule has 0 aliphatic carbocycles. The summed E-state index contributed by atoms with van der Waals surface area (Å²) in [6.07, 6.45) is 0. The van der Waals surface area contributed by atoms with Crippen molar-refractivity contribution >= 4 is 29.0 Å². The summed E-state index contributed by atoms with van der Waals surface area (Å²) in [5.74, 6) is 0. The van der Waals surface area contributed by atoms with Crippen LogP contribution in [-0.2, 0) is 4.74 Å². The molecule has 0 N–H and O–H groups in total. The van der Waals surface area contributed by atoms with Crippen LogP contribution < -0.4 is 9.80 Å². The number of carbonyl (C=O) groups excluding carboxylic acids is 1. The molecule has 2 heterocycles. The van der Waals surface area contributed by atoms with Crippen molar-refractivity contribution in [2.75, 3.05) is 29.6 Å². The van der Waals surface area contributed by atoms with E-state index < -0.39 is 0 Å². The molecule has 0 saturated carbocycles. The lowest BCUT2D eigenvalue weighted by atomic mass is 9.96. The molecule has 1 spiro atoms. The summed E-state index contributed by atoms with van der Waals surface area (Å²) in [5, 5.41) is 0.664. The zero-order chi connectivity index (χ0) is 16.0. The molecule has 2 aliphatic heterocycles. The number of benzene rings is 2. The fraction of sp³-hybridized carbons (Fsp3) is 0.278. The van der Waals surface area contributed by atoms with Crippen molar-refractivity contribution in [1.29, 1.82) is 0 Å². The van der Waals surface area contributed by atoms with Crippen molar-refractivity contribution in [1.82, 2.24) is 0 Å². The van der Waals surface area contributed by atoms with Gasteiger partial charge in [-0.05, 0) is 43.3 Å². The normalized spacial score (nSPS) is 19.3. The molecule has 2 aromatic carbocycles. The average molecular weight is 329 g/mol. The first-order valence-corrected chi connectivity index (χ1v) is 7.99. The molecule has 2 aliphatic rings. The average Bonchev–Trinajstić information content (AvgIpc) is 2.83. The number of amides is 2. The number of carbonyl (C=O) groups is 1. The molecular formula is C18H17ClN2O2. The van der Waals surface area contributed by atoms with Crippen molar-refractivity contribution in [3.63, 3.8) is 0 Å². The monoisotopic (exact) mass is 328 g/mol. The Morgan fingerprint density at radius 2 is 1.61 bits per heavy atom. The van der Waals surface area contributed by atoms with E-state index in [4.69, 9.17) is 16.3 Å². The van der Waals surface area contributed by atoms with E-state index in [1.807, 2.05) is 60.4 Å². The highest BCUT2D eigenvalue weighted by Gasteiger charge is 2.55. The maximum Gasteiger partial charge on any atom is 0.329 e. The van der Waals surface area contributed by atoms with Gasteiger partial charge < -0.3 is 4.74 Å². The second kappa shape index (κ2) is 5.25. The quantitative estimate of drug-likeness (QED) is 0.838. The van der Waals surface area contributed by atoms with Crippen LogP contribution in [0.15, 0.2) is 48.5 Å². The molecule has 2 fully saturated rings. The highest BCUT2D eigenvalue weighted by atomic mass is 35.5. The maximum absolute atomic E-state index is 13.0. The van der Waals surface area contributed by atoms with Crippen LogP contribution in [0.1, 0.15) is 5.56 Å². The Morgan fingerprint density at radius 1 is 1.00 bits per heavy atom. The van der Waals surface area contributed by atoms with Gasteiger partial charge in [-0.1, -0.05) is 29.3 Å². The van der Waals surface area contributed by atoms with Crippen LogP contribution in [0.5, 0.6) is 0 Å². The number of halogens is 1. The van der Waals surface area contributed by atoms with E-state index >= 15 is 0 Å². The predicted octanol–water partition coefficient (Wildman–Crippen LogP) is 3.86. The highest BCUT2D eigenvalue weighted by molar-refractivity contribution is 6.30. The minimum absolute atomic E-state index is 0.0144. The van der Waals surface area contributed by atoms with Crippen molar-refractivity contribution < 1.29 is 9.53 Å². The van der Waals surface area contributed by atoms with Crippen molar-refractivity contribution in [2.24, 2.45) is 0 Å². The van der Waals surface area contributed by atoms with Crippen LogP contribution >= 0.6 is 11.6 Å². The van der Waals surface area contributed by atoms with Crippen LogP contribution in [0.2, 0.25) is 5.02 Å². The van der Waals surface area contributed by atoms with E-state index in [-0.39, 0.29) is 11.6 Å². The topological polar surface area (TPSA) is 32.8 Å². The lowest BCUT2D eigenvalue weighted by Crippen LogP contribution is -2.61. The highest BCUT2D eigenvalue weighted by Crippen LogP contribution is 2.39. The number of hydrogen-bond donors (Lipinski definition) is 0. The molecule has 4 nitrogen and oxygen atoms in total. The molecule has 23 heavy (non-hydrogen) atoms. The Kier molecular flexibility index (Phi) is 3.32. The smallest absolute Gasteiger partial charge is 0.329 e. The minimum Gasteiger partial charge on any atom is -0.376 e. The van der Waals surface area contributed by atoms with Gasteiger partial charge in [-0.2, -0.15) is 0 Å². The lowest BCUT2D eigenvalue weighted by Gasteiger charge is -2.43. The van der Waals surface area contributed by atoms with Crippen molar-refractivity contribution in [3.8, 4) is 0 Å². The molecule has 4 rings (SSSR count). The van der Waals surface area contributed by atoms with Gasteiger partial charge in [-0.3, -0.25) is 9.80 Å². The van der Waals surface area contributed by atoms with Crippen molar-refractivity contribution in [2.45, 2.75) is 12.5 Å². The SMILES string of the molecule is Cc1ccc(N2C(=O)N(c3ccc(Cl)cc3)CC23COC3)cc1. The minimum atomic E-state index is -0.272. The van der Waals surface area contributed by atoms with E-state index in [0.717, 1.165) is 11.4 Å². The van der Waals surface area contributed by atoms with Crippen LogP contribution in [-0.4, -0.2) is 31.3 Å². The molecular weight excluding hydrogens is 312 g/mol. The summed E-state index contributed by atoms with van der Waals surface area (Å²) in [6.45, 7) is 3.80. The van der Waals surface area contributed by atoms with Crippen LogP contribution in [0.25, 0.3) is 0 Å². The number of ether oxygens (including phenoxy) is 1. The summed E-state index contributed by atoms with van der Waals surface area (Å²) >= 11 is 5.95. The first-order valence-electron chi connectivity index (χ1n) is 7.61. The van der Waals surface area contributed by atoms with Crippen LogP contribution in [0.3, 0.4) is 0 Å². The number of rotatable bonds is 2. The number of hydrogen-bond acceptors (Lipinski definition) is 2. The van der Waals surface area contributed by atoms with E-state index in [1.54, 1.807) is 4.90 Å². The Bertz CT molecular complexity index is 739. The molecule has 0 aromatic heterocycles. The van der Waals surface area contributed by atoms with E-state index in [0.29, 0.717) is 24.8 Å². The molecule has 2 aromatic rings. The lowest BCUT2D eigenvalue weighted by molar-refractivity contribution is -0.0418. The first kappa shape index (κ1) is 14.5. The van der Waals surface area contributed by atoms with Gasteiger partial charge in [0.15, 0.2) is 0 Å². The fourth-order valence-corrected chi connectivity index (χ4v) is 3.34. The molecule has 5 heteroatoms. The van der Waals surface area contributed by atoms with Crippen LogP contribution in [0, 0.1) is 6.92 Å². The van der Waals surface area contributed by atoms with Crippen molar-refractivity contribution in [3.05, 3.63) is 59.1 Å². The van der Waals surface area contributed by atoms with E-state index in [1.165, 1.54) is 5.56 Å². The number of aryl methyl sites for hydroxylation is 1. The zero-order valence-corrected chi connectivity index (χ0v) is 13.6. The van der Waals surface area contributed by atoms with Gasteiger partial charge in [-0.15, -0.1) is 0 Å². The molecule has 118 valence electrons. The first-order chi connectivity index (χ1) is 11.1. The summed E-state index contributed by atoms with van der Waals surface area (Å²) in [5.41, 5.74) is 2.68. The van der Waals surface area contributed by atoms with Gasteiger partial charge in [0.05, 0.1) is 19.8 Å². The Morgan fingerprint density at radius 3 is 2.17 bits per heavy atom. The molecule has 0 radical (unpaired) electrons. The van der Waals surface area contributed by atoms with Gasteiger partial charge in [0.1, 0.15) is 5.54 Å². The zero-order valence-electron chi connectivity index (χ0n) is 12.8. The number of anilines is 2.